The van der Waals surface area contributed by atoms with Gasteiger partial charge in [0.25, 0.3) is 0 Å². The molecule has 0 saturated heterocycles. The zero-order valence-electron chi connectivity index (χ0n) is 7.85. The molecule has 14 heavy (non-hydrogen) atoms. The molecule has 0 amide bonds. The third kappa shape index (κ3) is 0.770. The van der Waals surface area contributed by atoms with Gasteiger partial charge in [0.15, 0.2) is 0 Å². The number of carbonyl (C=O) groups excluding carboxylic acids is 1. The van der Waals surface area contributed by atoms with Gasteiger partial charge in [-0.25, -0.2) is 4.39 Å². The summed E-state index contributed by atoms with van der Waals surface area (Å²) in [5.74, 6) is 0.0388. The number of hydrogen-bond donors (Lipinski definition) is 0. The molecule has 2 heteroatoms. The molecule has 2 aliphatic carbocycles. The van der Waals surface area contributed by atoms with Crippen molar-refractivity contribution >= 4 is 5.78 Å². The molecule has 0 atom stereocenters. The largest absolute Gasteiger partial charge is 0.298 e. The fourth-order valence-corrected chi connectivity index (χ4v) is 2.79. The molecule has 1 aromatic carbocycles. The molecule has 1 nitrogen and oxygen atoms in total. The van der Waals surface area contributed by atoms with Crippen molar-refractivity contribution in [1.82, 2.24) is 0 Å². The van der Waals surface area contributed by atoms with Gasteiger partial charge < -0.3 is 0 Å². The summed E-state index contributed by atoms with van der Waals surface area (Å²) >= 11 is 0. The fourth-order valence-electron chi connectivity index (χ4n) is 2.79. The number of fused-ring (bicyclic) bond motifs is 2. The van der Waals surface area contributed by atoms with Gasteiger partial charge in [-0.3, -0.25) is 4.79 Å². The molecule has 0 heterocycles. The van der Waals surface area contributed by atoms with Crippen LogP contribution in [0.25, 0.3) is 0 Å². The number of rotatable bonds is 0. The third-order valence-corrected chi connectivity index (χ3v) is 3.67. The van der Waals surface area contributed by atoms with E-state index in [1.165, 1.54) is 6.07 Å². The first kappa shape index (κ1) is 8.16. The molecule has 0 bridgehead atoms. The molecule has 2 aliphatic rings. The van der Waals surface area contributed by atoms with Crippen molar-refractivity contribution in [1.29, 1.82) is 0 Å². The lowest BCUT2D eigenvalue weighted by Crippen LogP contribution is -2.39. The lowest BCUT2D eigenvalue weighted by atomic mass is 9.64. The summed E-state index contributed by atoms with van der Waals surface area (Å²) in [4.78, 5) is 11.8. The zero-order valence-corrected chi connectivity index (χ0v) is 7.85. The number of Topliss-reactive ketones (excluding diaryl/α,β-unsaturated/α-hetero) is 1. The van der Waals surface area contributed by atoms with Gasteiger partial charge in [-0.1, -0.05) is 18.6 Å². The molecule has 0 aliphatic heterocycles. The molecule has 0 aromatic heterocycles. The predicted octanol–water partition coefficient (Wildman–Crippen LogP) is 2.37. The number of carbonyl (C=O) groups is 1. The van der Waals surface area contributed by atoms with Crippen molar-refractivity contribution in [2.75, 3.05) is 0 Å². The van der Waals surface area contributed by atoms with E-state index in [2.05, 4.69) is 0 Å². The SMILES string of the molecule is O=C1Cc2cccc(F)c2C12CCC2. The number of benzene rings is 1. The van der Waals surface area contributed by atoms with Gasteiger partial charge in [0.05, 0.1) is 5.41 Å². The molecular weight excluding hydrogens is 179 g/mol. The second-order valence-corrected chi connectivity index (χ2v) is 4.31. The minimum atomic E-state index is -0.416. The maximum absolute atomic E-state index is 13.6. The van der Waals surface area contributed by atoms with Crippen LogP contribution in [-0.4, -0.2) is 5.78 Å². The van der Waals surface area contributed by atoms with Crippen LogP contribution in [0.1, 0.15) is 30.4 Å². The average Bonchev–Trinajstić information content (AvgIpc) is 2.37. The Bertz CT molecular complexity index is 418. The summed E-state index contributed by atoms with van der Waals surface area (Å²) in [5, 5.41) is 0. The maximum atomic E-state index is 13.6. The highest BCUT2D eigenvalue weighted by atomic mass is 19.1. The van der Waals surface area contributed by atoms with Crippen molar-refractivity contribution in [3.05, 3.63) is 35.1 Å². The second-order valence-electron chi connectivity index (χ2n) is 4.31. The van der Waals surface area contributed by atoms with Crippen LogP contribution in [0.2, 0.25) is 0 Å². The standard InChI is InChI=1S/C12H11FO/c13-9-4-1-3-8-7-10(14)12(11(8)9)5-2-6-12/h1,3-4H,2,5-7H2. The third-order valence-electron chi connectivity index (χ3n) is 3.67. The van der Waals surface area contributed by atoms with E-state index >= 15 is 0 Å². The van der Waals surface area contributed by atoms with Gasteiger partial charge in [0.1, 0.15) is 11.6 Å². The van der Waals surface area contributed by atoms with Gasteiger partial charge in [-0.05, 0) is 24.5 Å². The molecule has 3 rings (SSSR count). The molecule has 1 saturated carbocycles. The Kier molecular flexibility index (Phi) is 1.42. The molecule has 72 valence electrons. The van der Waals surface area contributed by atoms with Gasteiger partial charge in [-0.15, -0.1) is 0 Å². The Morgan fingerprint density at radius 3 is 2.71 bits per heavy atom. The van der Waals surface area contributed by atoms with Crippen LogP contribution in [0, 0.1) is 5.82 Å². The minimum Gasteiger partial charge on any atom is -0.298 e. The quantitative estimate of drug-likeness (QED) is 0.613. The number of halogens is 1. The summed E-state index contributed by atoms with van der Waals surface area (Å²) in [5.41, 5.74) is 1.20. The highest BCUT2D eigenvalue weighted by Crippen LogP contribution is 2.51. The van der Waals surface area contributed by atoms with E-state index in [1.54, 1.807) is 6.07 Å². The lowest BCUT2D eigenvalue weighted by molar-refractivity contribution is -0.125. The predicted molar refractivity (Wildman–Crippen MR) is 50.6 cm³/mol. The Morgan fingerprint density at radius 1 is 1.29 bits per heavy atom. The van der Waals surface area contributed by atoms with E-state index in [-0.39, 0.29) is 11.6 Å². The molecule has 0 unspecified atom stereocenters. The smallest absolute Gasteiger partial charge is 0.147 e. The van der Waals surface area contributed by atoms with E-state index < -0.39 is 5.41 Å². The fraction of sp³-hybridized carbons (Fsp3) is 0.417. The van der Waals surface area contributed by atoms with Crippen LogP contribution in [0.3, 0.4) is 0 Å². The van der Waals surface area contributed by atoms with Crippen LogP contribution >= 0.6 is 0 Å². The summed E-state index contributed by atoms with van der Waals surface area (Å²) in [6.07, 6.45) is 3.19. The zero-order chi connectivity index (χ0) is 9.76. The van der Waals surface area contributed by atoms with Crippen LogP contribution in [0.15, 0.2) is 18.2 Å². The Balaban J connectivity index is 2.25. The summed E-state index contributed by atoms with van der Waals surface area (Å²) in [7, 11) is 0. The van der Waals surface area contributed by atoms with Crippen LogP contribution in [0.5, 0.6) is 0 Å². The number of ketones is 1. The van der Waals surface area contributed by atoms with E-state index in [9.17, 15) is 9.18 Å². The van der Waals surface area contributed by atoms with Gasteiger partial charge in [-0.2, -0.15) is 0 Å². The Morgan fingerprint density at radius 2 is 2.07 bits per heavy atom. The molecule has 0 N–H and O–H groups in total. The highest BCUT2D eigenvalue weighted by molar-refractivity contribution is 5.97. The first-order chi connectivity index (χ1) is 6.74. The molecule has 1 fully saturated rings. The topological polar surface area (TPSA) is 17.1 Å². The Hall–Kier alpha value is -1.18. The first-order valence-corrected chi connectivity index (χ1v) is 5.05. The molecule has 1 aromatic rings. The summed E-state index contributed by atoms with van der Waals surface area (Å²) < 4.78 is 13.6. The van der Waals surface area contributed by atoms with Gasteiger partial charge in [0.2, 0.25) is 0 Å². The Labute approximate surface area is 81.9 Å². The highest BCUT2D eigenvalue weighted by Gasteiger charge is 2.51. The van der Waals surface area contributed by atoms with Gasteiger partial charge >= 0.3 is 0 Å². The lowest BCUT2D eigenvalue weighted by Gasteiger charge is -2.37. The van der Waals surface area contributed by atoms with Crippen molar-refractivity contribution in [2.45, 2.75) is 31.1 Å². The van der Waals surface area contributed by atoms with E-state index in [1.807, 2.05) is 6.07 Å². The summed E-state index contributed by atoms with van der Waals surface area (Å²) in [6.45, 7) is 0. The average molecular weight is 190 g/mol. The van der Waals surface area contributed by atoms with Gasteiger partial charge in [0, 0.05) is 12.0 Å². The van der Waals surface area contributed by atoms with Crippen molar-refractivity contribution < 1.29 is 9.18 Å². The van der Waals surface area contributed by atoms with Crippen LogP contribution < -0.4 is 0 Å². The second kappa shape index (κ2) is 2.44. The number of hydrogen-bond acceptors (Lipinski definition) is 1. The van der Waals surface area contributed by atoms with E-state index in [0.717, 1.165) is 24.8 Å². The van der Waals surface area contributed by atoms with E-state index in [4.69, 9.17) is 0 Å². The van der Waals surface area contributed by atoms with Crippen LogP contribution in [-0.2, 0) is 16.6 Å². The summed E-state index contributed by atoms with van der Waals surface area (Å²) in [6, 6.07) is 5.04. The van der Waals surface area contributed by atoms with Crippen molar-refractivity contribution in [3.63, 3.8) is 0 Å². The van der Waals surface area contributed by atoms with Crippen molar-refractivity contribution in [2.24, 2.45) is 0 Å². The molecule has 0 radical (unpaired) electrons. The minimum absolute atomic E-state index is 0.187. The maximum Gasteiger partial charge on any atom is 0.147 e. The molecular formula is C12H11FO. The molecule has 1 spiro atoms. The first-order valence-electron chi connectivity index (χ1n) is 5.05. The van der Waals surface area contributed by atoms with Crippen molar-refractivity contribution in [3.8, 4) is 0 Å². The monoisotopic (exact) mass is 190 g/mol. The van der Waals surface area contributed by atoms with Crippen LogP contribution in [0.4, 0.5) is 4.39 Å². The normalized spacial score (nSPS) is 22.2. The van der Waals surface area contributed by atoms with E-state index in [0.29, 0.717) is 12.0 Å².